The lowest BCUT2D eigenvalue weighted by molar-refractivity contribution is 0.0513. The fourth-order valence-electron chi connectivity index (χ4n) is 1.01. The molecular formula is C8H11N3O3. The summed E-state index contributed by atoms with van der Waals surface area (Å²) < 4.78 is 6.16. The number of carbonyl (C=O) groups excluding carboxylic acids is 1. The number of hydrogen-bond acceptors (Lipinski definition) is 5. The molecule has 0 atom stereocenters. The summed E-state index contributed by atoms with van der Waals surface area (Å²) in [6.45, 7) is 2.04. The normalized spacial score (nSPS) is 10.7. The minimum atomic E-state index is -0.444. The van der Waals surface area contributed by atoms with E-state index >= 15 is 0 Å². The van der Waals surface area contributed by atoms with E-state index in [-0.39, 0.29) is 0 Å². The van der Waals surface area contributed by atoms with Gasteiger partial charge in [-0.1, -0.05) is 5.16 Å². The second-order valence-corrected chi connectivity index (χ2v) is 2.54. The van der Waals surface area contributed by atoms with Crippen LogP contribution in [-0.2, 0) is 11.8 Å². The molecule has 0 spiro atoms. The van der Waals surface area contributed by atoms with Gasteiger partial charge in [0.2, 0.25) is 0 Å². The van der Waals surface area contributed by atoms with Gasteiger partial charge in [0.25, 0.3) is 0 Å². The van der Waals surface area contributed by atoms with Crippen LogP contribution in [-0.4, -0.2) is 33.8 Å². The van der Waals surface area contributed by atoms with Crippen molar-refractivity contribution in [1.82, 2.24) is 9.78 Å². The fraction of sp³-hybridized carbons (Fsp3) is 0.375. The number of aromatic nitrogens is 2. The molecule has 76 valence electrons. The molecule has 1 N–H and O–H groups in total. The predicted molar refractivity (Wildman–Crippen MR) is 48.5 cm³/mol. The van der Waals surface area contributed by atoms with Crippen LogP contribution in [0.15, 0.2) is 11.2 Å². The molecule has 0 amide bonds. The molecule has 0 bridgehead atoms. The quantitative estimate of drug-likeness (QED) is 0.329. The highest BCUT2D eigenvalue weighted by molar-refractivity contribution is 5.90. The first-order valence-electron chi connectivity index (χ1n) is 4.07. The molecule has 6 heteroatoms. The van der Waals surface area contributed by atoms with Crippen LogP contribution in [0.4, 0.5) is 0 Å². The van der Waals surface area contributed by atoms with Gasteiger partial charge in [0, 0.05) is 13.1 Å². The minimum Gasteiger partial charge on any atom is -0.461 e. The molecule has 0 unspecified atom stereocenters. The lowest BCUT2D eigenvalue weighted by Gasteiger charge is -1.99. The Kier molecular flexibility index (Phi) is 3.22. The van der Waals surface area contributed by atoms with Crippen LogP contribution in [0.5, 0.6) is 0 Å². The van der Waals surface area contributed by atoms with Crippen LogP contribution in [0.1, 0.15) is 23.1 Å². The van der Waals surface area contributed by atoms with Crippen molar-refractivity contribution in [3.63, 3.8) is 0 Å². The molecule has 1 heterocycles. The summed E-state index contributed by atoms with van der Waals surface area (Å²) in [5.41, 5.74) is 0.722. The van der Waals surface area contributed by atoms with Crippen molar-refractivity contribution >= 4 is 12.2 Å². The van der Waals surface area contributed by atoms with E-state index in [2.05, 4.69) is 10.3 Å². The van der Waals surface area contributed by atoms with Gasteiger partial charge < -0.3 is 9.94 Å². The number of aryl methyl sites for hydroxylation is 1. The summed E-state index contributed by atoms with van der Waals surface area (Å²) in [5.74, 6) is -0.444. The molecule has 1 rings (SSSR count). The van der Waals surface area contributed by atoms with Crippen molar-refractivity contribution in [2.75, 3.05) is 6.61 Å². The molecule has 0 aliphatic carbocycles. The van der Waals surface area contributed by atoms with Crippen LogP contribution < -0.4 is 0 Å². The zero-order chi connectivity index (χ0) is 10.6. The van der Waals surface area contributed by atoms with Gasteiger partial charge in [0.05, 0.1) is 12.8 Å². The number of rotatable bonds is 3. The molecule has 0 aliphatic rings. The second-order valence-electron chi connectivity index (χ2n) is 2.54. The van der Waals surface area contributed by atoms with E-state index in [1.165, 1.54) is 10.7 Å². The van der Waals surface area contributed by atoms with Crippen molar-refractivity contribution in [2.45, 2.75) is 6.92 Å². The Balaban J connectivity index is 2.92. The van der Waals surface area contributed by atoms with Gasteiger partial charge >= 0.3 is 5.97 Å². The first-order valence-corrected chi connectivity index (χ1v) is 4.07. The largest absolute Gasteiger partial charge is 0.461 e. The maximum Gasteiger partial charge on any atom is 0.356 e. The van der Waals surface area contributed by atoms with Gasteiger partial charge in [-0.15, -0.1) is 0 Å². The highest BCUT2D eigenvalue weighted by atomic mass is 16.5. The first-order chi connectivity index (χ1) is 6.69. The lowest BCUT2D eigenvalue weighted by atomic mass is 10.3. The van der Waals surface area contributed by atoms with Crippen molar-refractivity contribution in [3.8, 4) is 0 Å². The van der Waals surface area contributed by atoms with Crippen LogP contribution in [0.3, 0.4) is 0 Å². The topological polar surface area (TPSA) is 76.7 Å². The van der Waals surface area contributed by atoms with Crippen molar-refractivity contribution in [3.05, 3.63) is 17.5 Å². The number of nitrogens with zero attached hydrogens (tertiary/aromatic N) is 3. The zero-order valence-electron chi connectivity index (χ0n) is 7.97. The Morgan fingerprint density at radius 1 is 1.86 bits per heavy atom. The molecule has 1 aromatic heterocycles. The number of carbonyl (C=O) groups is 1. The average Bonchev–Trinajstić information content (AvgIpc) is 2.48. The molecular weight excluding hydrogens is 186 g/mol. The van der Waals surface area contributed by atoms with Crippen molar-refractivity contribution in [1.29, 1.82) is 0 Å². The van der Waals surface area contributed by atoms with E-state index in [0.29, 0.717) is 18.0 Å². The zero-order valence-corrected chi connectivity index (χ0v) is 7.97. The molecule has 0 saturated heterocycles. The standard InChI is InChI=1S/C8H11N3O3/c1-3-14-8(12)7-4-6(5-9-13)10-11(7)2/h4-5,13H,3H2,1-2H3. The minimum absolute atomic E-state index is 0.313. The third kappa shape index (κ3) is 2.09. The summed E-state index contributed by atoms with van der Waals surface area (Å²) in [5, 5.41) is 15.0. The molecule has 0 saturated carbocycles. The van der Waals surface area contributed by atoms with E-state index in [1.54, 1.807) is 14.0 Å². The Hall–Kier alpha value is -1.85. The molecule has 6 nitrogen and oxygen atoms in total. The molecule has 0 aliphatic heterocycles. The van der Waals surface area contributed by atoms with Crippen LogP contribution in [0.25, 0.3) is 0 Å². The van der Waals surface area contributed by atoms with Gasteiger partial charge in [-0.25, -0.2) is 4.79 Å². The maximum absolute atomic E-state index is 11.3. The van der Waals surface area contributed by atoms with E-state index in [1.807, 2.05) is 0 Å². The number of oxime groups is 1. The molecule has 0 radical (unpaired) electrons. The Bertz CT molecular complexity index is 357. The predicted octanol–water partition coefficient (Wildman–Crippen LogP) is 0.405. The van der Waals surface area contributed by atoms with Gasteiger partial charge in [0.15, 0.2) is 0 Å². The number of esters is 1. The van der Waals surface area contributed by atoms with E-state index < -0.39 is 5.97 Å². The van der Waals surface area contributed by atoms with Crippen LogP contribution >= 0.6 is 0 Å². The Morgan fingerprint density at radius 3 is 3.14 bits per heavy atom. The Morgan fingerprint density at radius 2 is 2.57 bits per heavy atom. The molecule has 0 aromatic carbocycles. The van der Waals surface area contributed by atoms with E-state index in [9.17, 15) is 4.79 Å². The summed E-state index contributed by atoms with van der Waals surface area (Å²) >= 11 is 0. The molecule has 1 aromatic rings. The number of hydrogen-bond donors (Lipinski definition) is 1. The number of ether oxygens (including phenoxy) is 1. The van der Waals surface area contributed by atoms with Crippen molar-refractivity contribution in [2.24, 2.45) is 12.2 Å². The van der Waals surface area contributed by atoms with Crippen LogP contribution in [0, 0.1) is 0 Å². The maximum atomic E-state index is 11.3. The third-order valence-corrected chi connectivity index (χ3v) is 1.57. The average molecular weight is 197 g/mol. The highest BCUT2D eigenvalue weighted by Crippen LogP contribution is 2.03. The highest BCUT2D eigenvalue weighted by Gasteiger charge is 2.12. The van der Waals surface area contributed by atoms with Crippen molar-refractivity contribution < 1.29 is 14.7 Å². The first kappa shape index (κ1) is 10.2. The van der Waals surface area contributed by atoms with E-state index in [0.717, 1.165) is 6.21 Å². The molecule has 14 heavy (non-hydrogen) atoms. The van der Waals surface area contributed by atoms with Crippen LogP contribution in [0.2, 0.25) is 0 Å². The summed E-state index contributed by atoms with van der Waals surface area (Å²) in [6, 6.07) is 1.48. The monoisotopic (exact) mass is 197 g/mol. The molecule has 0 fully saturated rings. The van der Waals surface area contributed by atoms with Gasteiger partial charge in [-0.05, 0) is 6.92 Å². The smallest absolute Gasteiger partial charge is 0.356 e. The summed E-state index contributed by atoms with van der Waals surface area (Å²) in [4.78, 5) is 11.3. The SMILES string of the molecule is CCOC(=O)c1cc(C=NO)nn1C. The fourth-order valence-corrected chi connectivity index (χ4v) is 1.01. The van der Waals surface area contributed by atoms with E-state index in [4.69, 9.17) is 9.94 Å². The lowest BCUT2D eigenvalue weighted by Crippen LogP contribution is -2.10. The summed E-state index contributed by atoms with van der Waals surface area (Å²) in [6.07, 6.45) is 1.14. The third-order valence-electron chi connectivity index (χ3n) is 1.57. The van der Waals surface area contributed by atoms with Gasteiger partial charge in [0.1, 0.15) is 11.4 Å². The second kappa shape index (κ2) is 4.40. The van der Waals surface area contributed by atoms with Gasteiger partial charge in [-0.3, -0.25) is 4.68 Å². The summed E-state index contributed by atoms with van der Waals surface area (Å²) in [7, 11) is 1.61. The Labute approximate surface area is 80.8 Å². The van der Waals surface area contributed by atoms with Gasteiger partial charge in [-0.2, -0.15) is 5.10 Å².